The number of thioether (sulfide) groups is 1. The summed E-state index contributed by atoms with van der Waals surface area (Å²) in [6.45, 7) is 2.85. The largest absolute Gasteiger partial charge is 0.376 e. The van der Waals surface area contributed by atoms with E-state index < -0.39 is 0 Å². The van der Waals surface area contributed by atoms with Crippen molar-refractivity contribution < 1.29 is 9.53 Å². The third-order valence-corrected chi connectivity index (χ3v) is 4.88. The summed E-state index contributed by atoms with van der Waals surface area (Å²) in [6, 6.07) is 4.15. The van der Waals surface area contributed by atoms with Crippen molar-refractivity contribution in [3.05, 3.63) is 17.5 Å². The van der Waals surface area contributed by atoms with Crippen molar-refractivity contribution >= 4 is 29.0 Å². The van der Waals surface area contributed by atoms with Crippen molar-refractivity contribution in [2.75, 3.05) is 12.4 Å². The number of carbonyl (C=O) groups excluding carboxylic acids is 1. The lowest BCUT2D eigenvalue weighted by Gasteiger charge is -2.19. The van der Waals surface area contributed by atoms with Gasteiger partial charge in [0, 0.05) is 6.61 Å². The molecule has 1 aromatic heterocycles. The van der Waals surface area contributed by atoms with Crippen LogP contribution in [0.3, 0.4) is 0 Å². The Balaban J connectivity index is 1.69. The van der Waals surface area contributed by atoms with Gasteiger partial charge in [0.25, 0.3) is 0 Å². The van der Waals surface area contributed by atoms with Crippen molar-refractivity contribution in [3.63, 3.8) is 0 Å². The van der Waals surface area contributed by atoms with Gasteiger partial charge in [-0.25, -0.2) is 0 Å². The Kier molecular flexibility index (Phi) is 4.88. The molecule has 1 fully saturated rings. The van der Waals surface area contributed by atoms with E-state index in [2.05, 4.69) is 5.32 Å². The molecule has 17 heavy (non-hydrogen) atoms. The topological polar surface area (TPSA) is 38.3 Å². The normalized spacial score (nSPS) is 21.4. The maximum Gasteiger partial charge on any atom is 0.230 e. The van der Waals surface area contributed by atoms with E-state index in [-0.39, 0.29) is 18.1 Å². The lowest BCUT2D eigenvalue weighted by molar-refractivity contribution is -0.120. The Morgan fingerprint density at radius 2 is 2.65 bits per heavy atom. The highest BCUT2D eigenvalue weighted by Gasteiger charge is 2.23. The van der Waals surface area contributed by atoms with E-state index in [1.807, 2.05) is 24.4 Å². The van der Waals surface area contributed by atoms with Gasteiger partial charge in [-0.05, 0) is 31.2 Å². The van der Waals surface area contributed by atoms with Gasteiger partial charge in [0.1, 0.15) is 0 Å². The number of ether oxygens (including phenoxy) is 1. The minimum atomic E-state index is 0.0893. The maximum atomic E-state index is 11.7. The zero-order chi connectivity index (χ0) is 12.1. The van der Waals surface area contributed by atoms with Crippen LogP contribution in [0.5, 0.6) is 0 Å². The molecular weight excluding hydrogens is 254 g/mol. The van der Waals surface area contributed by atoms with Gasteiger partial charge in [-0.2, -0.15) is 0 Å². The molecule has 1 aromatic rings. The summed E-state index contributed by atoms with van der Waals surface area (Å²) in [4.78, 5) is 11.7. The Labute approximate surface area is 110 Å². The minimum Gasteiger partial charge on any atom is -0.376 e. The summed E-state index contributed by atoms with van der Waals surface area (Å²) in [5.41, 5.74) is 0. The summed E-state index contributed by atoms with van der Waals surface area (Å²) in [5.74, 6) is 0.573. The van der Waals surface area contributed by atoms with Gasteiger partial charge in [0.15, 0.2) is 0 Å². The second-order valence-electron chi connectivity index (χ2n) is 4.13. The van der Waals surface area contributed by atoms with Crippen LogP contribution in [-0.4, -0.2) is 30.4 Å². The summed E-state index contributed by atoms with van der Waals surface area (Å²) in [5, 5.41) is 5.03. The van der Waals surface area contributed by atoms with Crippen LogP contribution in [0, 0.1) is 0 Å². The molecule has 2 rings (SSSR count). The second-order valence-corrected chi connectivity index (χ2v) is 6.35. The van der Waals surface area contributed by atoms with Crippen LogP contribution >= 0.6 is 23.1 Å². The summed E-state index contributed by atoms with van der Waals surface area (Å²) in [6.07, 6.45) is 2.36. The van der Waals surface area contributed by atoms with Gasteiger partial charge in [-0.1, -0.05) is 6.07 Å². The SMILES string of the molecule is C[C@@H](NC(=O)CSc1cccs1)[C@@H]1CCCO1. The summed E-state index contributed by atoms with van der Waals surface area (Å²) >= 11 is 3.25. The quantitative estimate of drug-likeness (QED) is 0.836. The monoisotopic (exact) mass is 271 g/mol. The van der Waals surface area contributed by atoms with E-state index in [1.54, 1.807) is 23.1 Å². The first kappa shape index (κ1) is 12.9. The molecule has 0 saturated carbocycles. The van der Waals surface area contributed by atoms with Crippen LogP contribution < -0.4 is 5.32 Å². The fourth-order valence-corrected chi connectivity index (χ4v) is 3.46. The molecule has 1 aliphatic heterocycles. The Bertz CT molecular complexity index is 347. The third-order valence-electron chi connectivity index (χ3n) is 2.75. The number of rotatable bonds is 5. The van der Waals surface area contributed by atoms with Gasteiger partial charge < -0.3 is 10.1 Å². The molecule has 94 valence electrons. The molecule has 0 aliphatic carbocycles. The number of amides is 1. The van der Waals surface area contributed by atoms with E-state index in [9.17, 15) is 4.79 Å². The average molecular weight is 271 g/mol. The molecule has 0 radical (unpaired) electrons. The molecular formula is C12H17NO2S2. The zero-order valence-electron chi connectivity index (χ0n) is 9.85. The van der Waals surface area contributed by atoms with E-state index in [4.69, 9.17) is 4.74 Å². The molecule has 1 N–H and O–H groups in total. The van der Waals surface area contributed by atoms with E-state index in [1.165, 1.54) is 4.21 Å². The van der Waals surface area contributed by atoms with Gasteiger partial charge >= 0.3 is 0 Å². The first-order valence-electron chi connectivity index (χ1n) is 5.83. The summed E-state index contributed by atoms with van der Waals surface area (Å²) in [7, 11) is 0. The molecule has 0 aromatic carbocycles. The van der Waals surface area contributed by atoms with Gasteiger partial charge in [-0.3, -0.25) is 4.79 Å². The second kappa shape index (κ2) is 6.42. The molecule has 0 bridgehead atoms. The highest BCUT2D eigenvalue weighted by atomic mass is 32.2. The number of thiophene rings is 1. The van der Waals surface area contributed by atoms with Crippen molar-refractivity contribution in [1.29, 1.82) is 0 Å². The van der Waals surface area contributed by atoms with Gasteiger partial charge in [0.05, 0.1) is 22.1 Å². The molecule has 0 spiro atoms. The summed E-state index contributed by atoms with van der Waals surface area (Å²) < 4.78 is 6.73. The maximum absolute atomic E-state index is 11.7. The first-order chi connectivity index (χ1) is 8.25. The molecule has 1 aliphatic rings. The predicted molar refractivity (Wildman–Crippen MR) is 71.6 cm³/mol. The van der Waals surface area contributed by atoms with E-state index in [0.717, 1.165) is 19.4 Å². The lowest BCUT2D eigenvalue weighted by atomic mass is 10.1. The average Bonchev–Trinajstić information content (AvgIpc) is 2.99. The molecule has 2 heterocycles. The number of hydrogen-bond acceptors (Lipinski definition) is 4. The van der Waals surface area contributed by atoms with Crippen LogP contribution in [0.25, 0.3) is 0 Å². The van der Waals surface area contributed by atoms with Crippen LogP contribution in [0.15, 0.2) is 21.7 Å². The highest BCUT2D eigenvalue weighted by Crippen LogP contribution is 2.23. The van der Waals surface area contributed by atoms with Gasteiger partial charge in [0.2, 0.25) is 5.91 Å². The van der Waals surface area contributed by atoms with Gasteiger partial charge in [-0.15, -0.1) is 23.1 Å². The molecule has 0 unspecified atom stereocenters. The first-order valence-corrected chi connectivity index (χ1v) is 7.69. The fraction of sp³-hybridized carbons (Fsp3) is 0.583. The van der Waals surface area contributed by atoms with Crippen molar-refractivity contribution in [2.45, 2.75) is 36.1 Å². The van der Waals surface area contributed by atoms with Crippen LogP contribution in [-0.2, 0) is 9.53 Å². The molecule has 1 saturated heterocycles. The Morgan fingerprint density at radius 1 is 1.76 bits per heavy atom. The number of carbonyl (C=O) groups is 1. The predicted octanol–water partition coefficient (Wildman–Crippen LogP) is 2.52. The standard InChI is InChI=1S/C12H17NO2S2/c1-9(10-4-2-6-15-10)13-11(14)8-17-12-5-3-7-16-12/h3,5,7,9-10H,2,4,6,8H2,1H3,(H,13,14)/t9-,10+/m1/s1. The van der Waals surface area contributed by atoms with E-state index >= 15 is 0 Å². The van der Waals surface area contributed by atoms with Crippen LogP contribution in [0.2, 0.25) is 0 Å². The lowest BCUT2D eigenvalue weighted by Crippen LogP contribution is -2.41. The highest BCUT2D eigenvalue weighted by molar-refractivity contribution is 8.01. The molecule has 5 heteroatoms. The van der Waals surface area contributed by atoms with Crippen molar-refractivity contribution in [2.24, 2.45) is 0 Å². The van der Waals surface area contributed by atoms with E-state index in [0.29, 0.717) is 5.75 Å². The van der Waals surface area contributed by atoms with Crippen LogP contribution in [0.4, 0.5) is 0 Å². The number of nitrogens with one attached hydrogen (secondary N) is 1. The van der Waals surface area contributed by atoms with Crippen molar-refractivity contribution in [1.82, 2.24) is 5.32 Å². The fourth-order valence-electron chi connectivity index (χ4n) is 1.87. The smallest absolute Gasteiger partial charge is 0.230 e. The third kappa shape index (κ3) is 4.01. The molecule has 1 amide bonds. The molecule has 3 nitrogen and oxygen atoms in total. The van der Waals surface area contributed by atoms with Crippen molar-refractivity contribution in [3.8, 4) is 0 Å². The Morgan fingerprint density at radius 3 is 3.29 bits per heavy atom. The number of hydrogen-bond donors (Lipinski definition) is 1. The molecule has 2 atom stereocenters. The zero-order valence-corrected chi connectivity index (χ0v) is 11.5. The van der Waals surface area contributed by atoms with Crippen LogP contribution in [0.1, 0.15) is 19.8 Å². The minimum absolute atomic E-state index is 0.0893. The Hall–Kier alpha value is -0.520.